The second kappa shape index (κ2) is 9.65. The van der Waals surface area contributed by atoms with Gasteiger partial charge in [0.2, 0.25) is 5.91 Å². The summed E-state index contributed by atoms with van der Waals surface area (Å²) in [5.41, 5.74) is 2.29. The molecule has 1 amide bonds. The van der Waals surface area contributed by atoms with Gasteiger partial charge < -0.3 is 19.7 Å². The molecule has 29 heavy (non-hydrogen) atoms. The molecule has 0 bridgehead atoms. The first-order valence-electron chi connectivity index (χ1n) is 10.7. The third kappa shape index (κ3) is 4.94. The molecule has 0 saturated carbocycles. The maximum atomic E-state index is 12.9. The first-order chi connectivity index (χ1) is 14.2. The van der Waals surface area contributed by atoms with E-state index in [-0.39, 0.29) is 17.9 Å². The minimum Gasteiger partial charge on any atom is -0.383 e. The van der Waals surface area contributed by atoms with Crippen molar-refractivity contribution >= 4 is 16.8 Å². The Labute approximate surface area is 172 Å². The third-order valence-electron chi connectivity index (χ3n) is 6.32. The summed E-state index contributed by atoms with van der Waals surface area (Å²) in [6.07, 6.45) is 4.60. The first kappa shape index (κ1) is 20.3. The number of methoxy groups -OCH3 is 1. The summed E-state index contributed by atoms with van der Waals surface area (Å²) < 4.78 is 10.9. The molecule has 2 saturated heterocycles. The van der Waals surface area contributed by atoms with Gasteiger partial charge in [0, 0.05) is 37.1 Å². The lowest BCUT2D eigenvalue weighted by atomic mass is 9.91. The molecular formula is C23H31N3O3. The van der Waals surface area contributed by atoms with Crippen molar-refractivity contribution in [1.29, 1.82) is 0 Å². The Balaban J connectivity index is 1.34. The van der Waals surface area contributed by atoms with Gasteiger partial charge in [0.1, 0.15) is 0 Å². The molecule has 4 rings (SSSR count). The van der Waals surface area contributed by atoms with Crippen LogP contribution in [0.5, 0.6) is 0 Å². The van der Waals surface area contributed by atoms with Gasteiger partial charge in [-0.2, -0.15) is 0 Å². The highest BCUT2D eigenvalue weighted by Crippen LogP contribution is 2.25. The highest BCUT2D eigenvalue weighted by Gasteiger charge is 2.33. The van der Waals surface area contributed by atoms with Gasteiger partial charge in [-0.3, -0.25) is 9.78 Å². The highest BCUT2D eigenvalue weighted by atomic mass is 16.5. The second-order valence-corrected chi connectivity index (χ2v) is 8.21. The predicted molar refractivity (Wildman–Crippen MR) is 113 cm³/mol. The lowest BCUT2D eigenvalue weighted by Crippen LogP contribution is -2.46. The van der Waals surface area contributed by atoms with Gasteiger partial charge in [0.25, 0.3) is 0 Å². The van der Waals surface area contributed by atoms with Crippen LogP contribution >= 0.6 is 0 Å². The van der Waals surface area contributed by atoms with Gasteiger partial charge >= 0.3 is 0 Å². The molecule has 0 spiro atoms. The standard InChI is InChI=1S/C23H31N3O3/c1-28-13-12-26-10-7-17(8-11-26)23(27)25-22-16-29-15-19(22)14-18-6-9-24-21-5-3-2-4-20(18)21/h2-6,9,17,19,22H,7-8,10-16H2,1H3,(H,25,27)/t19-,22+/m1/s1. The van der Waals surface area contributed by atoms with Crippen molar-refractivity contribution in [2.24, 2.45) is 11.8 Å². The number of benzene rings is 1. The van der Waals surface area contributed by atoms with Gasteiger partial charge in [-0.1, -0.05) is 18.2 Å². The number of hydrogen-bond acceptors (Lipinski definition) is 5. The van der Waals surface area contributed by atoms with Crippen LogP contribution in [0.2, 0.25) is 0 Å². The molecule has 1 aromatic heterocycles. The highest BCUT2D eigenvalue weighted by molar-refractivity contribution is 5.82. The summed E-state index contributed by atoms with van der Waals surface area (Å²) in [6, 6.07) is 10.4. The number of para-hydroxylation sites is 1. The molecule has 0 unspecified atom stereocenters. The molecule has 6 heteroatoms. The van der Waals surface area contributed by atoms with E-state index in [1.165, 1.54) is 10.9 Å². The summed E-state index contributed by atoms with van der Waals surface area (Å²) in [5.74, 6) is 0.597. The first-order valence-corrected chi connectivity index (χ1v) is 10.7. The maximum absolute atomic E-state index is 12.9. The van der Waals surface area contributed by atoms with Crippen LogP contribution in [-0.4, -0.2) is 68.4 Å². The molecule has 1 aromatic carbocycles. The molecule has 2 aliphatic rings. The minimum absolute atomic E-state index is 0.0842. The number of amides is 1. The average Bonchev–Trinajstić information content (AvgIpc) is 3.19. The van der Waals surface area contributed by atoms with Crippen molar-refractivity contribution < 1.29 is 14.3 Å². The van der Waals surface area contributed by atoms with Crippen LogP contribution in [0.15, 0.2) is 36.5 Å². The Morgan fingerprint density at radius 3 is 2.90 bits per heavy atom. The van der Waals surface area contributed by atoms with Crippen LogP contribution in [0.3, 0.4) is 0 Å². The van der Waals surface area contributed by atoms with E-state index >= 15 is 0 Å². The number of rotatable bonds is 7. The summed E-state index contributed by atoms with van der Waals surface area (Å²) in [7, 11) is 1.73. The lowest BCUT2D eigenvalue weighted by molar-refractivity contribution is -0.127. The van der Waals surface area contributed by atoms with Crippen LogP contribution in [0, 0.1) is 11.8 Å². The molecule has 2 aliphatic heterocycles. The molecule has 3 heterocycles. The van der Waals surface area contributed by atoms with E-state index in [0.717, 1.165) is 51.0 Å². The molecule has 156 valence electrons. The summed E-state index contributed by atoms with van der Waals surface area (Å²) >= 11 is 0. The third-order valence-corrected chi connectivity index (χ3v) is 6.32. The Bertz CT molecular complexity index is 815. The number of carbonyl (C=O) groups excluding carboxylic acids is 1. The predicted octanol–water partition coefficient (Wildman–Crippen LogP) is 2.27. The monoisotopic (exact) mass is 397 g/mol. The Hall–Kier alpha value is -2.02. The topological polar surface area (TPSA) is 63.7 Å². The van der Waals surface area contributed by atoms with Gasteiger partial charge in [0.05, 0.1) is 31.4 Å². The average molecular weight is 398 g/mol. The second-order valence-electron chi connectivity index (χ2n) is 8.21. The van der Waals surface area contributed by atoms with E-state index in [9.17, 15) is 4.79 Å². The normalized spacial score (nSPS) is 23.5. The van der Waals surface area contributed by atoms with E-state index in [2.05, 4.69) is 33.4 Å². The Morgan fingerprint density at radius 2 is 2.07 bits per heavy atom. The fraction of sp³-hybridized carbons (Fsp3) is 0.565. The van der Waals surface area contributed by atoms with Crippen LogP contribution in [0.1, 0.15) is 18.4 Å². The number of nitrogens with zero attached hydrogens (tertiary/aromatic N) is 2. The Kier molecular flexibility index (Phi) is 6.74. The molecular weight excluding hydrogens is 366 g/mol. The van der Waals surface area contributed by atoms with Gasteiger partial charge in [-0.15, -0.1) is 0 Å². The number of likely N-dealkylation sites (tertiary alicyclic amines) is 1. The van der Waals surface area contributed by atoms with Crippen molar-refractivity contribution in [3.05, 3.63) is 42.1 Å². The zero-order valence-electron chi connectivity index (χ0n) is 17.2. The number of hydrogen-bond donors (Lipinski definition) is 1. The number of ether oxygens (including phenoxy) is 2. The quantitative estimate of drug-likeness (QED) is 0.777. The SMILES string of the molecule is COCCN1CCC(C(=O)N[C@H]2COC[C@H]2Cc2ccnc3ccccc23)CC1. The van der Waals surface area contributed by atoms with Crippen LogP contribution in [0.4, 0.5) is 0 Å². The summed E-state index contributed by atoms with van der Waals surface area (Å²) in [4.78, 5) is 19.7. The maximum Gasteiger partial charge on any atom is 0.223 e. The van der Waals surface area contributed by atoms with Crippen LogP contribution in [-0.2, 0) is 20.7 Å². The number of nitrogens with one attached hydrogen (secondary N) is 1. The summed E-state index contributed by atoms with van der Waals surface area (Å²) in [5, 5.41) is 4.49. The lowest BCUT2D eigenvalue weighted by Gasteiger charge is -2.32. The van der Waals surface area contributed by atoms with Crippen molar-refractivity contribution in [1.82, 2.24) is 15.2 Å². The number of aromatic nitrogens is 1. The fourth-order valence-electron chi connectivity index (χ4n) is 4.51. The molecule has 0 aliphatic carbocycles. The molecule has 6 nitrogen and oxygen atoms in total. The molecule has 0 radical (unpaired) electrons. The minimum atomic E-state index is 0.0842. The zero-order valence-corrected chi connectivity index (χ0v) is 17.2. The van der Waals surface area contributed by atoms with Gasteiger partial charge in [-0.05, 0) is 50.0 Å². The van der Waals surface area contributed by atoms with Crippen molar-refractivity contribution in [2.75, 3.05) is 46.6 Å². The van der Waals surface area contributed by atoms with Crippen molar-refractivity contribution in [2.45, 2.75) is 25.3 Å². The van der Waals surface area contributed by atoms with Crippen LogP contribution in [0.25, 0.3) is 10.9 Å². The van der Waals surface area contributed by atoms with Gasteiger partial charge in [-0.25, -0.2) is 0 Å². The van der Waals surface area contributed by atoms with Crippen molar-refractivity contribution in [3.63, 3.8) is 0 Å². The number of piperidine rings is 1. The zero-order chi connectivity index (χ0) is 20.1. The smallest absolute Gasteiger partial charge is 0.223 e. The van der Waals surface area contributed by atoms with Crippen LogP contribution < -0.4 is 5.32 Å². The van der Waals surface area contributed by atoms with E-state index in [0.29, 0.717) is 19.1 Å². The summed E-state index contributed by atoms with van der Waals surface area (Å²) in [6.45, 7) is 4.93. The molecule has 2 aromatic rings. The van der Waals surface area contributed by atoms with E-state index in [1.807, 2.05) is 18.3 Å². The number of pyridine rings is 1. The van der Waals surface area contributed by atoms with Crippen molar-refractivity contribution in [3.8, 4) is 0 Å². The fourth-order valence-corrected chi connectivity index (χ4v) is 4.51. The van der Waals surface area contributed by atoms with Gasteiger partial charge in [0.15, 0.2) is 0 Å². The molecule has 1 N–H and O–H groups in total. The Morgan fingerprint density at radius 1 is 1.24 bits per heavy atom. The molecule has 2 fully saturated rings. The van der Waals surface area contributed by atoms with E-state index < -0.39 is 0 Å². The molecule has 2 atom stereocenters. The number of carbonyl (C=O) groups is 1. The van der Waals surface area contributed by atoms with E-state index in [1.54, 1.807) is 7.11 Å². The number of fused-ring (bicyclic) bond motifs is 1. The largest absolute Gasteiger partial charge is 0.383 e. The van der Waals surface area contributed by atoms with E-state index in [4.69, 9.17) is 9.47 Å².